The highest BCUT2D eigenvalue weighted by atomic mass is 32.2. The quantitative estimate of drug-likeness (QED) is 0.724. The number of carbonyl (C=O) groups is 1. The Kier molecular flexibility index (Phi) is 4.75. The molecule has 26 heavy (non-hydrogen) atoms. The minimum atomic E-state index is -0.110. The van der Waals surface area contributed by atoms with E-state index in [1.165, 1.54) is 11.8 Å². The van der Waals surface area contributed by atoms with E-state index in [2.05, 4.69) is 20.3 Å². The van der Waals surface area contributed by atoms with Gasteiger partial charge in [-0.3, -0.25) is 19.8 Å². The summed E-state index contributed by atoms with van der Waals surface area (Å²) in [5, 5.41) is 4.52. The van der Waals surface area contributed by atoms with Gasteiger partial charge in [0.05, 0.1) is 10.4 Å². The molecule has 0 bridgehead atoms. The van der Waals surface area contributed by atoms with Crippen LogP contribution in [0.25, 0.3) is 17.0 Å². The van der Waals surface area contributed by atoms with Crippen LogP contribution < -0.4 is 5.32 Å². The third-order valence-corrected chi connectivity index (χ3v) is 4.90. The van der Waals surface area contributed by atoms with Crippen LogP contribution in [0.5, 0.6) is 0 Å². The second-order valence-electron chi connectivity index (χ2n) is 5.82. The summed E-state index contributed by atoms with van der Waals surface area (Å²) in [4.78, 5) is 25.7. The van der Waals surface area contributed by atoms with Gasteiger partial charge in [0.15, 0.2) is 5.17 Å². The third-order valence-electron chi connectivity index (χ3n) is 3.95. The van der Waals surface area contributed by atoms with Crippen LogP contribution in [-0.4, -0.2) is 27.6 Å². The predicted molar refractivity (Wildman–Crippen MR) is 106 cm³/mol. The molecular weight excluding hydrogens is 344 g/mol. The van der Waals surface area contributed by atoms with Gasteiger partial charge in [-0.2, -0.15) is 0 Å². The van der Waals surface area contributed by atoms with Crippen LogP contribution in [0.15, 0.2) is 71.0 Å². The summed E-state index contributed by atoms with van der Waals surface area (Å²) >= 11 is 1.37. The Bertz CT molecular complexity index is 1010. The van der Waals surface area contributed by atoms with Crippen molar-refractivity contribution in [2.45, 2.75) is 6.42 Å². The highest BCUT2D eigenvalue weighted by Crippen LogP contribution is 2.26. The summed E-state index contributed by atoms with van der Waals surface area (Å²) in [6.45, 7) is 0.614. The largest absolute Gasteiger partial charge is 0.301 e. The molecule has 6 heteroatoms. The van der Waals surface area contributed by atoms with Gasteiger partial charge in [-0.25, -0.2) is 0 Å². The number of aliphatic imine (C=N–C) groups is 1. The van der Waals surface area contributed by atoms with E-state index in [0.29, 0.717) is 16.6 Å². The minimum Gasteiger partial charge on any atom is -0.301 e. The molecule has 5 nitrogen and oxygen atoms in total. The van der Waals surface area contributed by atoms with Gasteiger partial charge in [-0.1, -0.05) is 18.2 Å². The first-order valence-electron chi connectivity index (χ1n) is 8.27. The number of amidine groups is 1. The van der Waals surface area contributed by atoms with E-state index in [0.717, 1.165) is 28.5 Å². The number of benzene rings is 1. The van der Waals surface area contributed by atoms with Gasteiger partial charge in [-0.05, 0) is 59.7 Å². The molecule has 1 aliphatic rings. The number of fused-ring (bicyclic) bond motifs is 1. The summed E-state index contributed by atoms with van der Waals surface area (Å²) < 4.78 is 0. The maximum Gasteiger partial charge on any atom is 0.264 e. The molecule has 0 aliphatic carbocycles. The number of carbonyl (C=O) groups excluding carboxylic acids is 1. The highest BCUT2D eigenvalue weighted by molar-refractivity contribution is 8.18. The molecule has 2 aromatic heterocycles. The fourth-order valence-corrected chi connectivity index (χ4v) is 3.52. The van der Waals surface area contributed by atoms with E-state index >= 15 is 0 Å². The SMILES string of the molecule is O=C1NC(=NCCc2cccnc2)SC1=Cc1ccc2ncccc2c1. The van der Waals surface area contributed by atoms with Gasteiger partial charge >= 0.3 is 0 Å². The number of thioether (sulfide) groups is 1. The zero-order chi connectivity index (χ0) is 17.8. The van der Waals surface area contributed by atoms with Crippen molar-refractivity contribution in [3.8, 4) is 0 Å². The number of rotatable bonds is 4. The summed E-state index contributed by atoms with van der Waals surface area (Å²) in [7, 11) is 0. The fraction of sp³-hybridized carbons (Fsp3) is 0.100. The van der Waals surface area contributed by atoms with E-state index in [-0.39, 0.29) is 5.91 Å². The van der Waals surface area contributed by atoms with Gasteiger partial charge in [0.25, 0.3) is 5.91 Å². The first-order valence-corrected chi connectivity index (χ1v) is 9.09. The molecule has 0 atom stereocenters. The predicted octanol–water partition coefficient (Wildman–Crippen LogP) is 3.43. The Morgan fingerprint density at radius 2 is 2.08 bits per heavy atom. The van der Waals surface area contributed by atoms with Crippen molar-refractivity contribution >= 4 is 39.8 Å². The fourth-order valence-electron chi connectivity index (χ4n) is 2.67. The number of pyridine rings is 2. The second kappa shape index (κ2) is 7.49. The number of nitrogens with zero attached hydrogens (tertiary/aromatic N) is 3. The van der Waals surface area contributed by atoms with E-state index in [1.807, 2.05) is 54.7 Å². The Morgan fingerprint density at radius 1 is 1.15 bits per heavy atom. The Morgan fingerprint density at radius 3 is 2.96 bits per heavy atom. The molecule has 0 saturated carbocycles. The summed E-state index contributed by atoms with van der Waals surface area (Å²) in [5.74, 6) is -0.110. The lowest BCUT2D eigenvalue weighted by molar-refractivity contribution is -0.115. The van der Waals surface area contributed by atoms with Gasteiger partial charge < -0.3 is 5.32 Å². The van der Waals surface area contributed by atoms with Crippen molar-refractivity contribution < 1.29 is 4.79 Å². The number of hydrogen-bond donors (Lipinski definition) is 1. The van der Waals surface area contributed by atoms with Gasteiger partial charge in [0.1, 0.15) is 0 Å². The van der Waals surface area contributed by atoms with Gasteiger partial charge in [0, 0.05) is 30.5 Å². The number of amides is 1. The van der Waals surface area contributed by atoms with Crippen molar-refractivity contribution in [3.63, 3.8) is 0 Å². The zero-order valence-electron chi connectivity index (χ0n) is 13.9. The highest BCUT2D eigenvalue weighted by Gasteiger charge is 2.23. The molecular formula is C20H16N4OS. The minimum absolute atomic E-state index is 0.110. The van der Waals surface area contributed by atoms with Crippen molar-refractivity contribution in [2.24, 2.45) is 4.99 Å². The lowest BCUT2D eigenvalue weighted by Gasteiger charge is -1.99. The Balaban J connectivity index is 1.46. The van der Waals surface area contributed by atoms with Crippen LogP contribution in [-0.2, 0) is 11.2 Å². The molecule has 0 radical (unpaired) electrons. The molecule has 1 aromatic carbocycles. The molecule has 0 unspecified atom stereocenters. The zero-order valence-corrected chi connectivity index (χ0v) is 14.7. The average Bonchev–Trinajstić information content (AvgIpc) is 3.02. The number of nitrogens with one attached hydrogen (secondary N) is 1. The molecule has 1 N–H and O–H groups in total. The molecule has 1 fully saturated rings. The van der Waals surface area contributed by atoms with Crippen molar-refractivity contribution in [1.29, 1.82) is 0 Å². The van der Waals surface area contributed by atoms with Crippen LogP contribution in [0.2, 0.25) is 0 Å². The normalized spacial score (nSPS) is 17.2. The van der Waals surface area contributed by atoms with Crippen molar-refractivity contribution in [2.75, 3.05) is 6.54 Å². The molecule has 3 aromatic rings. The van der Waals surface area contributed by atoms with Crippen LogP contribution in [0.1, 0.15) is 11.1 Å². The summed E-state index contributed by atoms with van der Waals surface area (Å²) in [6, 6.07) is 13.8. The van der Waals surface area contributed by atoms with Crippen LogP contribution in [0.4, 0.5) is 0 Å². The van der Waals surface area contributed by atoms with E-state index in [1.54, 1.807) is 12.4 Å². The van der Waals surface area contributed by atoms with Crippen molar-refractivity contribution in [1.82, 2.24) is 15.3 Å². The molecule has 128 valence electrons. The topological polar surface area (TPSA) is 67.2 Å². The van der Waals surface area contributed by atoms with E-state index < -0.39 is 0 Å². The van der Waals surface area contributed by atoms with Crippen LogP contribution >= 0.6 is 11.8 Å². The average molecular weight is 360 g/mol. The molecule has 3 heterocycles. The molecule has 1 saturated heterocycles. The molecule has 4 rings (SSSR count). The Labute approximate surface area is 155 Å². The smallest absolute Gasteiger partial charge is 0.264 e. The lowest BCUT2D eigenvalue weighted by Crippen LogP contribution is -2.20. The van der Waals surface area contributed by atoms with Gasteiger partial charge in [0.2, 0.25) is 0 Å². The molecule has 1 aliphatic heterocycles. The first-order chi connectivity index (χ1) is 12.8. The molecule has 0 spiro atoms. The molecule has 1 amide bonds. The third kappa shape index (κ3) is 3.81. The van der Waals surface area contributed by atoms with Crippen LogP contribution in [0.3, 0.4) is 0 Å². The number of aromatic nitrogens is 2. The standard InChI is InChI=1S/C20H16N4OS/c25-19-18(12-15-5-6-17-16(11-15)4-2-9-22-17)26-20(24-19)23-10-7-14-3-1-8-21-13-14/h1-6,8-9,11-13H,7,10H2,(H,23,24,25). The monoisotopic (exact) mass is 360 g/mol. The first kappa shape index (κ1) is 16.5. The van der Waals surface area contributed by atoms with E-state index in [4.69, 9.17) is 0 Å². The summed E-state index contributed by atoms with van der Waals surface area (Å²) in [5.41, 5.74) is 3.04. The lowest BCUT2D eigenvalue weighted by atomic mass is 10.1. The number of hydrogen-bond acceptors (Lipinski definition) is 5. The van der Waals surface area contributed by atoms with Crippen LogP contribution in [0, 0.1) is 0 Å². The maximum absolute atomic E-state index is 12.2. The maximum atomic E-state index is 12.2. The van der Waals surface area contributed by atoms with Gasteiger partial charge in [-0.15, -0.1) is 0 Å². The summed E-state index contributed by atoms with van der Waals surface area (Å²) in [6.07, 6.45) is 8.04. The van der Waals surface area contributed by atoms with E-state index in [9.17, 15) is 4.79 Å². The Hall–Kier alpha value is -2.99. The van der Waals surface area contributed by atoms with Crippen molar-refractivity contribution in [3.05, 3.63) is 77.1 Å². The second-order valence-corrected chi connectivity index (χ2v) is 6.85.